The molecule has 1 aliphatic heterocycles. The Bertz CT molecular complexity index is 374. The van der Waals surface area contributed by atoms with Crippen LogP contribution in [0.25, 0.3) is 0 Å². The molecule has 1 aromatic rings. The Kier molecular flexibility index (Phi) is 3.02. The number of nitrogens with one attached hydrogen (secondary N) is 2. The molecular weight excluding hydrogens is 188 g/mol. The van der Waals surface area contributed by atoms with E-state index < -0.39 is 0 Å². The first-order chi connectivity index (χ1) is 7.29. The van der Waals surface area contributed by atoms with Crippen LogP contribution < -0.4 is 10.6 Å². The topological polar surface area (TPSA) is 41.1 Å². The first kappa shape index (κ1) is 10.2. The summed E-state index contributed by atoms with van der Waals surface area (Å²) >= 11 is 0. The van der Waals surface area contributed by atoms with E-state index in [1.165, 1.54) is 5.56 Å². The largest absolute Gasteiger partial charge is 0.326 e. The monoisotopic (exact) mass is 204 g/mol. The SMILES string of the molecule is CCCNCc1ccc2c(c1)CC(=O)N2. The van der Waals surface area contributed by atoms with E-state index in [0.29, 0.717) is 6.42 Å². The van der Waals surface area contributed by atoms with Crippen molar-refractivity contribution in [3.05, 3.63) is 29.3 Å². The van der Waals surface area contributed by atoms with Crippen LogP contribution in [0, 0.1) is 0 Å². The molecule has 0 saturated heterocycles. The highest BCUT2D eigenvalue weighted by atomic mass is 16.1. The minimum absolute atomic E-state index is 0.101. The standard InChI is InChI=1S/C12H16N2O/c1-2-5-13-8-9-3-4-11-10(6-9)7-12(15)14-11/h3-4,6,13H,2,5,7-8H2,1H3,(H,14,15). The number of hydrogen-bond donors (Lipinski definition) is 2. The maximum absolute atomic E-state index is 11.1. The molecule has 15 heavy (non-hydrogen) atoms. The molecule has 0 aromatic heterocycles. The molecule has 0 atom stereocenters. The fourth-order valence-corrected chi connectivity index (χ4v) is 1.80. The van der Waals surface area contributed by atoms with Crippen LogP contribution in [-0.4, -0.2) is 12.5 Å². The lowest BCUT2D eigenvalue weighted by atomic mass is 10.1. The average molecular weight is 204 g/mol. The van der Waals surface area contributed by atoms with Gasteiger partial charge in [-0.25, -0.2) is 0 Å². The third-order valence-corrected chi connectivity index (χ3v) is 2.55. The molecule has 3 heteroatoms. The zero-order valence-corrected chi connectivity index (χ0v) is 8.97. The molecule has 0 aliphatic carbocycles. The van der Waals surface area contributed by atoms with Gasteiger partial charge < -0.3 is 10.6 Å². The van der Waals surface area contributed by atoms with E-state index in [9.17, 15) is 4.79 Å². The Morgan fingerprint density at radius 1 is 1.47 bits per heavy atom. The molecule has 1 aliphatic rings. The number of carbonyl (C=O) groups excluding carboxylic acids is 1. The van der Waals surface area contributed by atoms with Crippen molar-refractivity contribution in [2.75, 3.05) is 11.9 Å². The minimum atomic E-state index is 0.101. The smallest absolute Gasteiger partial charge is 0.228 e. The Balaban J connectivity index is 2.03. The molecule has 0 unspecified atom stereocenters. The van der Waals surface area contributed by atoms with E-state index in [-0.39, 0.29) is 5.91 Å². The summed E-state index contributed by atoms with van der Waals surface area (Å²) in [6.45, 7) is 4.07. The van der Waals surface area contributed by atoms with Crippen LogP contribution in [0.5, 0.6) is 0 Å². The van der Waals surface area contributed by atoms with Crippen LogP contribution in [0.4, 0.5) is 5.69 Å². The van der Waals surface area contributed by atoms with Crippen molar-refractivity contribution < 1.29 is 4.79 Å². The predicted octanol–water partition coefficient (Wildman–Crippen LogP) is 1.68. The number of anilines is 1. The van der Waals surface area contributed by atoms with Gasteiger partial charge in [0, 0.05) is 12.2 Å². The van der Waals surface area contributed by atoms with E-state index in [0.717, 1.165) is 30.8 Å². The van der Waals surface area contributed by atoms with Crippen molar-refractivity contribution in [1.82, 2.24) is 5.32 Å². The van der Waals surface area contributed by atoms with Crippen molar-refractivity contribution in [2.45, 2.75) is 26.3 Å². The first-order valence-electron chi connectivity index (χ1n) is 5.42. The number of rotatable bonds is 4. The lowest BCUT2D eigenvalue weighted by Gasteiger charge is -2.05. The number of hydrogen-bond acceptors (Lipinski definition) is 2. The second-order valence-electron chi connectivity index (χ2n) is 3.89. The molecule has 2 rings (SSSR count). The summed E-state index contributed by atoms with van der Waals surface area (Å²) < 4.78 is 0. The fraction of sp³-hybridized carbons (Fsp3) is 0.417. The first-order valence-corrected chi connectivity index (χ1v) is 5.42. The quantitative estimate of drug-likeness (QED) is 0.733. The van der Waals surface area contributed by atoms with Gasteiger partial charge in [0.15, 0.2) is 0 Å². The second-order valence-corrected chi connectivity index (χ2v) is 3.89. The summed E-state index contributed by atoms with van der Waals surface area (Å²) in [7, 11) is 0. The van der Waals surface area contributed by atoms with Crippen molar-refractivity contribution in [1.29, 1.82) is 0 Å². The van der Waals surface area contributed by atoms with Crippen LogP contribution in [0.3, 0.4) is 0 Å². The third kappa shape index (κ3) is 2.36. The molecule has 3 nitrogen and oxygen atoms in total. The van der Waals surface area contributed by atoms with Crippen LogP contribution in [0.1, 0.15) is 24.5 Å². The van der Waals surface area contributed by atoms with Crippen molar-refractivity contribution in [2.24, 2.45) is 0 Å². The predicted molar refractivity (Wildman–Crippen MR) is 60.8 cm³/mol. The molecule has 1 amide bonds. The Morgan fingerprint density at radius 3 is 3.13 bits per heavy atom. The van der Waals surface area contributed by atoms with Crippen LogP contribution >= 0.6 is 0 Å². The second kappa shape index (κ2) is 4.45. The van der Waals surface area contributed by atoms with Gasteiger partial charge in [-0.05, 0) is 30.2 Å². The third-order valence-electron chi connectivity index (χ3n) is 2.55. The highest BCUT2D eigenvalue weighted by Gasteiger charge is 2.16. The summed E-state index contributed by atoms with van der Waals surface area (Å²) in [5.41, 5.74) is 3.34. The fourth-order valence-electron chi connectivity index (χ4n) is 1.80. The lowest BCUT2D eigenvalue weighted by Crippen LogP contribution is -2.13. The highest BCUT2D eigenvalue weighted by molar-refractivity contribution is 5.99. The van der Waals surface area contributed by atoms with Gasteiger partial charge in [-0.2, -0.15) is 0 Å². The zero-order valence-electron chi connectivity index (χ0n) is 8.97. The van der Waals surface area contributed by atoms with Crippen LogP contribution in [0.15, 0.2) is 18.2 Å². The molecule has 0 bridgehead atoms. The van der Waals surface area contributed by atoms with E-state index in [2.05, 4.69) is 29.7 Å². The summed E-state index contributed by atoms with van der Waals surface area (Å²) in [5.74, 6) is 0.101. The van der Waals surface area contributed by atoms with E-state index in [1.807, 2.05) is 6.07 Å². The van der Waals surface area contributed by atoms with Gasteiger partial charge in [-0.1, -0.05) is 19.1 Å². The Morgan fingerprint density at radius 2 is 2.33 bits per heavy atom. The van der Waals surface area contributed by atoms with Crippen molar-refractivity contribution >= 4 is 11.6 Å². The Labute approximate surface area is 89.9 Å². The van der Waals surface area contributed by atoms with E-state index >= 15 is 0 Å². The van der Waals surface area contributed by atoms with Gasteiger partial charge in [-0.15, -0.1) is 0 Å². The summed E-state index contributed by atoms with van der Waals surface area (Å²) in [4.78, 5) is 11.1. The molecular formula is C12H16N2O. The number of benzene rings is 1. The van der Waals surface area contributed by atoms with Gasteiger partial charge >= 0.3 is 0 Å². The molecule has 2 N–H and O–H groups in total. The van der Waals surface area contributed by atoms with Gasteiger partial charge in [0.2, 0.25) is 5.91 Å². The normalized spacial score (nSPS) is 13.8. The minimum Gasteiger partial charge on any atom is -0.326 e. The van der Waals surface area contributed by atoms with Gasteiger partial charge in [-0.3, -0.25) is 4.79 Å². The van der Waals surface area contributed by atoms with E-state index in [4.69, 9.17) is 0 Å². The molecule has 0 saturated carbocycles. The molecule has 80 valence electrons. The molecule has 0 spiro atoms. The number of fused-ring (bicyclic) bond motifs is 1. The van der Waals surface area contributed by atoms with Gasteiger partial charge in [0.05, 0.1) is 6.42 Å². The summed E-state index contributed by atoms with van der Waals surface area (Å²) in [6.07, 6.45) is 1.67. The Hall–Kier alpha value is -1.35. The summed E-state index contributed by atoms with van der Waals surface area (Å²) in [6, 6.07) is 6.16. The van der Waals surface area contributed by atoms with Crippen molar-refractivity contribution in [3.8, 4) is 0 Å². The highest BCUT2D eigenvalue weighted by Crippen LogP contribution is 2.23. The molecule has 1 heterocycles. The molecule has 0 fully saturated rings. The van der Waals surface area contributed by atoms with Crippen molar-refractivity contribution in [3.63, 3.8) is 0 Å². The maximum atomic E-state index is 11.1. The number of amides is 1. The van der Waals surface area contributed by atoms with Crippen LogP contribution in [-0.2, 0) is 17.8 Å². The van der Waals surface area contributed by atoms with E-state index in [1.54, 1.807) is 0 Å². The van der Waals surface area contributed by atoms with Gasteiger partial charge in [0.25, 0.3) is 0 Å². The number of carbonyl (C=O) groups is 1. The maximum Gasteiger partial charge on any atom is 0.228 e. The average Bonchev–Trinajstić information content (AvgIpc) is 2.57. The lowest BCUT2D eigenvalue weighted by molar-refractivity contribution is -0.115. The summed E-state index contributed by atoms with van der Waals surface area (Å²) in [5, 5.41) is 6.18. The zero-order chi connectivity index (χ0) is 10.7. The molecule has 0 radical (unpaired) electrons. The van der Waals surface area contributed by atoms with Crippen LogP contribution in [0.2, 0.25) is 0 Å². The molecule has 1 aromatic carbocycles. The van der Waals surface area contributed by atoms with Gasteiger partial charge in [0.1, 0.15) is 0 Å².